The van der Waals surface area contributed by atoms with Crippen molar-refractivity contribution < 1.29 is 4.79 Å². The predicted octanol–water partition coefficient (Wildman–Crippen LogP) is 1.25. The highest BCUT2D eigenvalue weighted by atomic mass is 16.2. The van der Waals surface area contributed by atoms with Crippen LogP contribution in [0.5, 0.6) is 0 Å². The fourth-order valence-electron chi connectivity index (χ4n) is 3.09. The van der Waals surface area contributed by atoms with Gasteiger partial charge >= 0.3 is 0 Å². The molecule has 1 saturated carbocycles. The first-order chi connectivity index (χ1) is 9.26. The molecule has 1 fully saturated rings. The largest absolute Gasteiger partial charge is 0.340 e. The lowest BCUT2D eigenvalue weighted by molar-refractivity contribution is -0.134. The lowest BCUT2D eigenvalue weighted by Gasteiger charge is -2.32. The Kier molecular flexibility index (Phi) is 4.96. The number of nitrogens with zero attached hydrogens (tertiary/aromatic N) is 3. The third kappa shape index (κ3) is 3.35. The standard InChI is InChI=1S/C14H24N4O/c1-2-18(13-5-3-4-12(13)10-15)14(19)6-8-17-9-7-16-11-17/h7,9,11-13H,2-6,8,10,15H2,1H3. The van der Waals surface area contributed by atoms with Gasteiger partial charge in [0.05, 0.1) is 6.33 Å². The summed E-state index contributed by atoms with van der Waals surface area (Å²) in [6.07, 6.45) is 9.38. The number of carbonyl (C=O) groups is 1. The lowest BCUT2D eigenvalue weighted by atomic mass is 10.0. The van der Waals surface area contributed by atoms with Gasteiger partial charge in [-0.3, -0.25) is 4.79 Å². The van der Waals surface area contributed by atoms with E-state index in [1.54, 1.807) is 12.5 Å². The number of aromatic nitrogens is 2. The van der Waals surface area contributed by atoms with Crippen LogP contribution in [0.15, 0.2) is 18.7 Å². The van der Waals surface area contributed by atoms with Crippen LogP contribution in [0.4, 0.5) is 0 Å². The molecule has 1 aromatic rings. The van der Waals surface area contributed by atoms with Crippen LogP contribution >= 0.6 is 0 Å². The Morgan fingerprint density at radius 1 is 1.53 bits per heavy atom. The van der Waals surface area contributed by atoms with Crippen LogP contribution < -0.4 is 5.73 Å². The van der Waals surface area contributed by atoms with Gasteiger partial charge in [0, 0.05) is 37.9 Å². The summed E-state index contributed by atoms with van der Waals surface area (Å²) in [5, 5.41) is 0. The summed E-state index contributed by atoms with van der Waals surface area (Å²) < 4.78 is 1.95. The highest BCUT2D eigenvalue weighted by molar-refractivity contribution is 5.76. The molecule has 1 heterocycles. The molecule has 1 aromatic heterocycles. The second-order valence-corrected chi connectivity index (χ2v) is 5.22. The van der Waals surface area contributed by atoms with Crippen molar-refractivity contribution in [1.29, 1.82) is 0 Å². The minimum absolute atomic E-state index is 0.238. The molecule has 0 radical (unpaired) electrons. The SMILES string of the molecule is CCN(C(=O)CCn1ccnc1)C1CCCC1CN. The molecule has 0 aromatic carbocycles. The van der Waals surface area contributed by atoms with Crippen LogP contribution in [0.25, 0.3) is 0 Å². The Bertz CT molecular complexity index is 390. The molecule has 1 aliphatic carbocycles. The summed E-state index contributed by atoms with van der Waals surface area (Å²) in [6.45, 7) is 4.23. The minimum atomic E-state index is 0.238. The third-order valence-electron chi connectivity index (χ3n) is 4.13. The highest BCUT2D eigenvalue weighted by Crippen LogP contribution is 2.29. The number of aryl methyl sites for hydroxylation is 1. The van der Waals surface area contributed by atoms with Crippen molar-refractivity contribution in [1.82, 2.24) is 14.5 Å². The number of carbonyl (C=O) groups excluding carboxylic acids is 1. The maximum atomic E-state index is 12.4. The van der Waals surface area contributed by atoms with Crippen molar-refractivity contribution in [3.8, 4) is 0 Å². The second kappa shape index (κ2) is 6.70. The molecule has 106 valence electrons. The van der Waals surface area contributed by atoms with Crippen molar-refractivity contribution in [2.75, 3.05) is 13.1 Å². The van der Waals surface area contributed by atoms with Crippen molar-refractivity contribution in [3.63, 3.8) is 0 Å². The number of amides is 1. The molecule has 1 amide bonds. The normalized spacial score (nSPS) is 22.6. The van der Waals surface area contributed by atoms with E-state index in [4.69, 9.17) is 5.73 Å². The van der Waals surface area contributed by atoms with E-state index in [-0.39, 0.29) is 5.91 Å². The molecule has 5 heteroatoms. The van der Waals surface area contributed by atoms with Gasteiger partial charge < -0.3 is 15.2 Å². The maximum absolute atomic E-state index is 12.4. The topological polar surface area (TPSA) is 64.2 Å². The molecular formula is C14H24N4O. The summed E-state index contributed by atoms with van der Waals surface area (Å²) in [7, 11) is 0. The van der Waals surface area contributed by atoms with Gasteiger partial charge in [-0.05, 0) is 32.2 Å². The van der Waals surface area contributed by atoms with Crippen molar-refractivity contribution >= 4 is 5.91 Å². The average molecular weight is 264 g/mol. The molecule has 0 saturated heterocycles. The van der Waals surface area contributed by atoms with E-state index < -0.39 is 0 Å². The molecule has 0 bridgehead atoms. The minimum Gasteiger partial charge on any atom is -0.340 e. The quantitative estimate of drug-likeness (QED) is 0.841. The number of rotatable bonds is 6. The fourth-order valence-corrected chi connectivity index (χ4v) is 3.09. The Morgan fingerprint density at radius 3 is 3.00 bits per heavy atom. The zero-order valence-electron chi connectivity index (χ0n) is 11.7. The van der Waals surface area contributed by atoms with E-state index in [0.29, 0.717) is 31.5 Å². The van der Waals surface area contributed by atoms with Crippen LogP contribution in [-0.4, -0.2) is 39.5 Å². The van der Waals surface area contributed by atoms with Gasteiger partial charge in [-0.2, -0.15) is 0 Å². The number of hydrogen-bond donors (Lipinski definition) is 1. The van der Waals surface area contributed by atoms with Gasteiger partial charge in [-0.15, -0.1) is 0 Å². The first-order valence-electron chi connectivity index (χ1n) is 7.21. The van der Waals surface area contributed by atoms with E-state index in [1.807, 2.05) is 15.7 Å². The highest BCUT2D eigenvalue weighted by Gasteiger charge is 2.32. The fraction of sp³-hybridized carbons (Fsp3) is 0.714. The molecule has 2 unspecified atom stereocenters. The predicted molar refractivity (Wildman–Crippen MR) is 74.4 cm³/mol. The molecule has 2 atom stereocenters. The van der Waals surface area contributed by atoms with Crippen molar-refractivity contribution in [2.24, 2.45) is 11.7 Å². The van der Waals surface area contributed by atoms with Crippen LogP contribution in [0.3, 0.4) is 0 Å². The van der Waals surface area contributed by atoms with Crippen molar-refractivity contribution in [3.05, 3.63) is 18.7 Å². The molecule has 2 N–H and O–H groups in total. The average Bonchev–Trinajstić information content (AvgIpc) is 3.08. The van der Waals surface area contributed by atoms with Gasteiger partial charge in [0.15, 0.2) is 0 Å². The number of nitrogens with two attached hydrogens (primary N) is 1. The summed E-state index contributed by atoms with van der Waals surface area (Å²) in [4.78, 5) is 18.4. The summed E-state index contributed by atoms with van der Waals surface area (Å²) >= 11 is 0. The third-order valence-corrected chi connectivity index (χ3v) is 4.13. The van der Waals surface area contributed by atoms with E-state index >= 15 is 0 Å². The molecule has 2 rings (SSSR count). The first-order valence-corrected chi connectivity index (χ1v) is 7.21. The van der Waals surface area contributed by atoms with Crippen molar-refractivity contribution in [2.45, 2.75) is 45.2 Å². The van der Waals surface area contributed by atoms with E-state index in [1.165, 1.54) is 6.42 Å². The van der Waals surface area contributed by atoms with Gasteiger partial charge in [-0.1, -0.05) is 6.42 Å². The van der Waals surface area contributed by atoms with Gasteiger partial charge in [0.2, 0.25) is 5.91 Å². The molecule has 5 nitrogen and oxygen atoms in total. The second-order valence-electron chi connectivity index (χ2n) is 5.22. The first kappa shape index (κ1) is 14.1. The summed E-state index contributed by atoms with van der Waals surface area (Å²) in [6, 6.07) is 0.352. The Balaban J connectivity index is 1.91. The smallest absolute Gasteiger partial charge is 0.224 e. The van der Waals surface area contributed by atoms with E-state index in [0.717, 1.165) is 19.4 Å². The monoisotopic (exact) mass is 264 g/mol. The lowest BCUT2D eigenvalue weighted by Crippen LogP contribution is -2.44. The molecule has 19 heavy (non-hydrogen) atoms. The number of imidazole rings is 1. The van der Waals surface area contributed by atoms with Crippen LogP contribution in [0.1, 0.15) is 32.6 Å². The molecule has 0 spiro atoms. The number of hydrogen-bond acceptors (Lipinski definition) is 3. The summed E-state index contributed by atoms with van der Waals surface area (Å²) in [5.74, 6) is 0.721. The summed E-state index contributed by atoms with van der Waals surface area (Å²) in [5.41, 5.74) is 5.82. The molecule has 1 aliphatic rings. The Labute approximate surface area is 114 Å². The molecule has 0 aliphatic heterocycles. The van der Waals surface area contributed by atoms with Gasteiger partial charge in [0.25, 0.3) is 0 Å². The van der Waals surface area contributed by atoms with Gasteiger partial charge in [0.1, 0.15) is 0 Å². The van der Waals surface area contributed by atoms with Crippen LogP contribution in [0, 0.1) is 5.92 Å². The zero-order chi connectivity index (χ0) is 13.7. The van der Waals surface area contributed by atoms with E-state index in [2.05, 4.69) is 11.9 Å². The maximum Gasteiger partial charge on any atom is 0.224 e. The van der Waals surface area contributed by atoms with Crippen LogP contribution in [-0.2, 0) is 11.3 Å². The molecular weight excluding hydrogens is 240 g/mol. The van der Waals surface area contributed by atoms with E-state index in [9.17, 15) is 4.79 Å². The van der Waals surface area contributed by atoms with Crippen LogP contribution in [0.2, 0.25) is 0 Å². The zero-order valence-corrected chi connectivity index (χ0v) is 11.7. The van der Waals surface area contributed by atoms with Gasteiger partial charge in [-0.25, -0.2) is 4.98 Å². The Hall–Kier alpha value is -1.36. The Morgan fingerprint density at radius 2 is 2.37 bits per heavy atom.